The van der Waals surface area contributed by atoms with Crippen LogP contribution in [0.4, 0.5) is 0 Å². The predicted molar refractivity (Wildman–Crippen MR) is 289 cm³/mol. The SMILES string of the molecule is COc1ccc(O[C@@]23O[C@H]4COC(C)(C)O[C@H]4[C@@H]2OC(C)(C)O3)c(P(c2ccccc2)c2ccccc2)c1-c1c(OC)ccc(O[C@@]23O[C@H]4COC(C)(C)O[C@H]4[C@@H]2OC(C)(C)O3)c1P(c1ccccc1)c1ccccc1. The standard InChI is InChI=1S/C60H64O14P2/c1-55(2)63-35-45-49(69-55)53-59(67-45,73-57(5,6)71-53)65-43-33-31-41(61-9)47(51(43)75(37-23-15-11-16-24-37)38-25-17-12-18-26-38)48-42(62-10)32-34-44(52(48)76(39-27-19-13-20-28-39)40-29-21-14-22-30-40)66-60-54(72-58(7,8)74-60)50-46(68-60)36-64-56(3,4)70-50/h11-34,45-46,49-50,53-54H,35-36H2,1-10H3/t45-,46-,49+,50+,53-,54-,59+,60+/m0/s1. The van der Waals surface area contributed by atoms with Crippen LogP contribution >= 0.6 is 15.8 Å². The van der Waals surface area contributed by atoms with Crippen molar-refractivity contribution in [1.82, 2.24) is 0 Å². The molecule has 16 heteroatoms. The summed E-state index contributed by atoms with van der Waals surface area (Å²) in [5.41, 5.74) is 1.38. The lowest BCUT2D eigenvalue weighted by atomic mass is 10.0. The Bertz CT molecular complexity index is 2790. The molecule has 6 aromatic carbocycles. The van der Waals surface area contributed by atoms with Crippen LogP contribution in [-0.2, 0) is 47.4 Å². The van der Waals surface area contributed by atoms with Gasteiger partial charge in [-0.25, -0.2) is 0 Å². The van der Waals surface area contributed by atoms with Crippen LogP contribution in [0.1, 0.15) is 55.4 Å². The molecule has 8 atom stereocenters. The van der Waals surface area contributed by atoms with E-state index < -0.39 is 87.6 Å². The van der Waals surface area contributed by atoms with Gasteiger partial charge in [0, 0.05) is 21.7 Å². The van der Waals surface area contributed by atoms with E-state index in [0.29, 0.717) is 34.1 Å². The van der Waals surface area contributed by atoms with Gasteiger partial charge in [-0.1, -0.05) is 121 Å². The van der Waals surface area contributed by atoms with Crippen LogP contribution in [0.2, 0.25) is 0 Å². The highest BCUT2D eigenvalue weighted by Gasteiger charge is 2.71. The van der Waals surface area contributed by atoms with Crippen molar-refractivity contribution in [3.63, 3.8) is 0 Å². The molecule has 0 bridgehead atoms. The Morgan fingerprint density at radius 1 is 0.382 bits per heavy atom. The number of ether oxygens (including phenoxy) is 14. The first-order valence-electron chi connectivity index (χ1n) is 25.8. The van der Waals surface area contributed by atoms with Gasteiger partial charge < -0.3 is 56.8 Å². The van der Waals surface area contributed by atoms with E-state index in [4.69, 9.17) is 66.3 Å². The van der Waals surface area contributed by atoms with E-state index >= 15 is 0 Å². The number of rotatable bonds is 13. The molecule has 0 aromatic heterocycles. The Balaban J connectivity index is 1.16. The second-order valence-corrected chi connectivity index (χ2v) is 25.7. The summed E-state index contributed by atoms with van der Waals surface area (Å²) in [4.78, 5) is 0. The largest absolute Gasteiger partial charge is 0.496 e. The summed E-state index contributed by atoms with van der Waals surface area (Å²) in [5.74, 6) is -5.66. The Morgan fingerprint density at radius 3 is 1.01 bits per heavy atom. The molecule has 398 valence electrons. The van der Waals surface area contributed by atoms with Crippen molar-refractivity contribution in [3.8, 4) is 34.1 Å². The molecule has 12 rings (SSSR count). The van der Waals surface area contributed by atoms with Crippen LogP contribution in [0, 0.1) is 0 Å². The average molecular weight is 1070 g/mol. The van der Waals surface area contributed by atoms with Crippen LogP contribution in [0.15, 0.2) is 146 Å². The quantitative estimate of drug-likeness (QED) is 0.103. The van der Waals surface area contributed by atoms with Crippen LogP contribution in [0.5, 0.6) is 23.0 Å². The molecule has 0 unspecified atom stereocenters. The lowest BCUT2D eigenvalue weighted by molar-refractivity contribution is -0.361. The van der Waals surface area contributed by atoms with Crippen molar-refractivity contribution >= 4 is 47.7 Å². The van der Waals surface area contributed by atoms with Crippen LogP contribution in [-0.4, -0.2) is 99.2 Å². The first-order valence-corrected chi connectivity index (χ1v) is 28.4. The summed E-state index contributed by atoms with van der Waals surface area (Å²) in [5, 5.41) is 5.71. The van der Waals surface area contributed by atoms with Crippen molar-refractivity contribution in [2.24, 2.45) is 0 Å². The second kappa shape index (κ2) is 19.4. The maximum absolute atomic E-state index is 7.54. The first kappa shape index (κ1) is 51.7. The summed E-state index contributed by atoms with van der Waals surface area (Å²) >= 11 is 0. The van der Waals surface area contributed by atoms with Gasteiger partial charge in [-0.2, -0.15) is 0 Å². The van der Waals surface area contributed by atoms with E-state index in [1.54, 1.807) is 14.2 Å². The molecular weight excluding hydrogens is 1010 g/mol. The fourth-order valence-corrected chi connectivity index (χ4v) is 16.3. The lowest BCUT2D eigenvalue weighted by Gasteiger charge is -2.38. The van der Waals surface area contributed by atoms with E-state index in [1.807, 2.05) is 104 Å². The Morgan fingerprint density at radius 2 is 0.697 bits per heavy atom. The molecule has 6 aliphatic heterocycles. The minimum absolute atomic E-state index is 0.236. The van der Waals surface area contributed by atoms with Crippen molar-refractivity contribution in [2.75, 3.05) is 27.4 Å². The Labute approximate surface area is 446 Å². The highest BCUT2D eigenvalue weighted by atomic mass is 31.1. The number of hydrogen-bond acceptors (Lipinski definition) is 14. The van der Waals surface area contributed by atoms with E-state index in [0.717, 1.165) is 31.8 Å². The maximum Gasteiger partial charge on any atom is 0.360 e. The summed E-state index contributed by atoms with van der Waals surface area (Å²) in [6, 6.07) is 49.5. The molecule has 6 saturated heterocycles. The van der Waals surface area contributed by atoms with Crippen LogP contribution in [0.3, 0.4) is 0 Å². The third kappa shape index (κ3) is 9.32. The molecule has 6 aliphatic rings. The molecule has 0 radical (unpaired) electrons. The zero-order chi connectivity index (χ0) is 52.8. The number of fused-ring (bicyclic) bond motifs is 6. The summed E-state index contributed by atoms with van der Waals surface area (Å²) in [6.07, 6.45) is -3.95. The fourth-order valence-electron chi connectivity index (χ4n) is 11.3. The summed E-state index contributed by atoms with van der Waals surface area (Å²) < 4.78 is 95.0. The van der Waals surface area contributed by atoms with E-state index in [9.17, 15) is 0 Å². The van der Waals surface area contributed by atoms with Crippen molar-refractivity contribution in [1.29, 1.82) is 0 Å². The molecular formula is C60H64O14P2. The number of benzene rings is 6. The van der Waals surface area contributed by atoms with Crippen molar-refractivity contribution < 1.29 is 66.3 Å². The minimum Gasteiger partial charge on any atom is -0.496 e. The van der Waals surface area contributed by atoms with Gasteiger partial charge in [0.05, 0.1) is 27.4 Å². The van der Waals surface area contributed by atoms with Gasteiger partial charge in [0.25, 0.3) is 0 Å². The molecule has 0 saturated carbocycles. The van der Waals surface area contributed by atoms with Gasteiger partial charge in [0.2, 0.25) is 0 Å². The van der Waals surface area contributed by atoms with Gasteiger partial charge in [-0.3, -0.25) is 9.47 Å². The van der Waals surface area contributed by atoms with E-state index in [-0.39, 0.29) is 13.2 Å². The third-order valence-electron chi connectivity index (χ3n) is 14.2. The topological polar surface area (TPSA) is 129 Å². The Kier molecular flexibility index (Phi) is 13.2. The molecule has 76 heavy (non-hydrogen) atoms. The van der Waals surface area contributed by atoms with Crippen molar-refractivity contribution in [2.45, 2.75) is 127 Å². The molecule has 14 nitrogen and oxygen atoms in total. The molecule has 0 N–H and O–H groups in total. The molecule has 6 heterocycles. The number of methoxy groups -OCH3 is 2. The lowest BCUT2D eigenvalue weighted by Crippen LogP contribution is -2.52. The van der Waals surface area contributed by atoms with Gasteiger partial charge in [0.15, 0.2) is 35.4 Å². The maximum atomic E-state index is 7.54. The molecule has 0 aliphatic carbocycles. The molecule has 6 aromatic rings. The molecule has 0 amide bonds. The zero-order valence-corrected chi connectivity index (χ0v) is 46.1. The van der Waals surface area contributed by atoms with Gasteiger partial charge in [-0.05, 0) is 117 Å². The van der Waals surface area contributed by atoms with E-state index in [1.165, 1.54) is 0 Å². The summed E-state index contributed by atoms with van der Waals surface area (Å²) in [6.45, 7) is 15.4. The van der Waals surface area contributed by atoms with Gasteiger partial charge in [-0.15, -0.1) is 0 Å². The van der Waals surface area contributed by atoms with Gasteiger partial charge >= 0.3 is 11.9 Å². The first-order chi connectivity index (χ1) is 36.4. The second-order valence-electron chi connectivity index (χ2n) is 21.4. The molecule has 0 spiro atoms. The monoisotopic (exact) mass is 1070 g/mol. The molecule has 6 fully saturated rings. The zero-order valence-electron chi connectivity index (χ0n) is 44.3. The van der Waals surface area contributed by atoms with Crippen LogP contribution < -0.4 is 50.8 Å². The highest BCUT2D eigenvalue weighted by molar-refractivity contribution is 7.81. The fraction of sp³-hybridized carbons (Fsp3) is 0.400. The van der Waals surface area contributed by atoms with E-state index in [2.05, 4.69) is 97.1 Å². The predicted octanol–water partition coefficient (Wildman–Crippen LogP) is 8.36. The number of hydrogen-bond donors (Lipinski definition) is 0. The smallest absolute Gasteiger partial charge is 0.360 e. The Hall–Kier alpha value is -5.02. The third-order valence-corrected chi connectivity index (χ3v) is 19.2. The minimum atomic E-state index is -1.78. The average Bonchev–Trinajstić information content (AvgIpc) is 4.06. The van der Waals surface area contributed by atoms with Gasteiger partial charge in [0.1, 0.15) is 47.4 Å². The highest BCUT2D eigenvalue weighted by Crippen LogP contribution is 2.56. The summed E-state index contributed by atoms with van der Waals surface area (Å²) in [7, 11) is 0.256. The van der Waals surface area contributed by atoms with Crippen LogP contribution in [0.25, 0.3) is 11.1 Å². The van der Waals surface area contributed by atoms with Crippen molar-refractivity contribution in [3.05, 3.63) is 146 Å². The normalized spacial score (nSPS) is 29.3.